The topological polar surface area (TPSA) is 63.2 Å². The average Bonchev–Trinajstić information content (AvgIpc) is 2.71. The summed E-state index contributed by atoms with van der Waals surface area (Å²) < 4.78 is 5.92. The molecule has 1 aliphatic carbocycles. The highest BCUT2D eigenvalue weighted by molar-refractivity contribution is 5.99. The van der Waals surface area contributed by atoms with E-state index < -0.39 is 0 Å². The van der Waals surface area contributed by atoms with Gasteiger partial charge in [0.05, 0.1) is 17.7 Å². The number of anilines is 1. The first-order valence-electron chi connectivity index (χ1n) is 9.43. The van der Waals surface area contributed by atoms with E-state index in [0.29, 0.717) is 18.8 Å². The Morgan fingerprint density at radius 1 is 1.04 bits per heavy atom. The third kappa shape index (κ3) is 4.03. The van der Waals surface area contributed by atoms with E-state index in [4.69, 9.17) is 4.74 Å². The molecule has 0 spiro atoms. The number of hydrogen-bond donors (Lipinski definition) is 2. The first-order chi connectivity index (χ1) is 13.3. The maximum atomic E-state index is 12.2. The summed E-state index contributed by atoms with van der Waals surface area (Å²) in [5.74, 6) is 0.952. The lowest BCUT2D eigenvalue weighted by Gasteiger charge is -2.19. The predicted octanol–water partition coefficient (Wildman–Crippen LogP) is 4.31. The molecular formula is C22H23N3O2. The van der Waals surface area contributed by atoms with E-state index >= 15 is 0 Å². The number of aromatic nitrogens is 1. The third-order valence-corrected chi connectivity index (χ3v) is 4.88. The zero-order chi connectivity index (χ0) is 18.5. The summed E-state index contributed by atoms with van der Waals surface area (Å²) >= 11 is 0. The molecule has 5 nitrogen and oxygen atoms in total. The second-order valence-corrected chi connectivity index (χ2v) is 6.71. The van der Waals surface area contributed by atoms with Crippen molar-refractivity contribution in [2.75, 3.05) is 18.5 Å². The Bertz CT molecular complexity index is 950. The number of rotatable bonds is 5. The van der Waals surface area contributed by atoms with Crippen LogP contribution < -0.4 is 15.4 Å². The zero-order valence-electron chi connectivity index (χ0n) is 15.2. The van der Waals surface area contributed by atoms with Crippen LogP contribution in [0, 0.1) is 0 Å². The fourth-order valence-electron chi connectivity index (χ4n) is 3.58. The van der Waals surface area contributed by atoms with E-state index in [1.54, 1.807) is 6.20 Å². The molecule has 0 radical (unpaired) electrons. The van der Waals surface area contributed by atoms with Gasteiger partial charge in [0.1, 0.15) is 12.4 Å². The van der Waals surface area contributed by atoms with Crippen molar-refractivity contribution in [1.29, 1.82) is 0 Å². The normalized spacial score (nSPS) is 13.0. The summed E-state index contributed by atoms with van der Waals surface area (Å²) in [5, 5.41) is 6.70. The van der Waals surface area contributed by atoms with Crippen molar-refractivity contribution >= 4 is 22.6 Å². The largest absolute Gasteiger partial charge is 0.491 e. The molecule has 0 bridgehead atoms. The molecule has 1 aliphatic rings. The molecular weight excluding hydrogens is 338 g/mol. The van der Waals surface area contributed by atoms with Crippen LogP contribution in [-0.2, 0) is 12.8 Å². The number of nitrogens with one attached hydrogen (secondary N) is 2. The van der Waals surface area contributed by atoms with E-state index in [1.165, 1.54) is 24.0 Å². The summed E-state index contributed by atoms with van der Waals surface area (Å²) in [5.41, 5.74) is 4.20. The summed E-state index contributed by atoms with van der Waals surface area (Å²) in [7, 11) is 0. The van der Waals surface area contributed by atoms with Gasteiger partial charge in [-0.15, -0.1) is 0 Å². The molecule has 1 aromatic heterocycles. The van der Waals surface area contributed by atoms with Crippen LogP contribution in [0.4, 0.5) is 10.5 Å². The molecule has 138 valence electrons. The third-order valence-electron chi connectivity index (χ3n) is 4.88. The molecule has 0 aliphatic heterocycles. The highest BCUT2D eigenvalue weighted by Gasteiger charge is 2.13. The van der Waals surface area contributed by atoms with E-state index in [0.717, 1.165) is 29.5 Å². The standard InChI is InChI=1S/C22H23N3O2/c26-22(25-19-11-3-8-17-9-5-13-23-21(17)19)24-14-15-27-20-12-4-7-16-6-1-2-10-18(16)20/h3-5,7-9,11-13H,1-2,6,10,14-15H2,(H2,24,25,26). The number of amides is 2. The molecule has 3 aromatic rings. The van der Waals surface area contributed by atoms with E-state index in [9.17, 15) is 4.79 Å². The Labute approximate surface area is 158 Å². The molecule has 2 amide bonds. The monoisotopic (exact) mass is 361 g/mol. The number of carbonyl (C=O) groups excluding carboxylic acids is 1. The molecule has 0 saturated heterocycles. The van der Waals surface area contributed by atoms with Crippen LogP contribution in [0.1, 0.15) is 24.0 Å². The second-order valence-electron chi connectivity index (χ2n) is 6.71. The molecule has 27 heavy (non-hydrogen) atoms. The number of ether oxygens (including phenoxy) is 1. The number of fused-ring (bicyclic) bond motifs is 2. The predicted molar refractivity (Wildman–Crippen MR) is 107 cm³/mol. The van der Waals surface area contributed by atoms with E-state index in [1.807, 2.05) is 42.5 Å². The van der Waals surface area contributed by atoms with Crippen LogP contribution in [0.5, 0.6) is 5.75 Å². The van der Waals surface area contributed by atoms with Gasteiger partial charge < -0.3 is 15.4 Å². The molecule has 2 aromatic carbocycles. The van der Waals surface area contributed by atoms with Gasteiger partial charge in [0.15, 0.2) is 0 Å². The number of hydrogen-bond acceptors (Lipinski definition) is 3. The minimum absolute atomic E-state index is 0.258. The SMILES string of the molecule is O=C(NCCOc1cccc2c1CCCC2)Nc1cccc2cccnc12. The zero-order valence-corrected chi connectivity index (χ0v) is 15.2. The highest BCUT2D eigenvalue weighted by Crippen LogP contribution is 2.29. The molecule has 0 saturated carbocycles. The Hall–Kier alpha value is -3.08. The smallest absolute Gasteiger partial charge is 0.319 e. The van der Waals surface area contributed by atoms with Gasteiger partial charge in [0.2, 0.25) is 0 Å². The van der Waals surface area contributed by atoms with E-state index in [-0.39, 0.29) is 6.03 Å². The van der Waals surface area contributed by atoms with Crippen molar-refractivity contribution < 1.29 is 9.53 Å². The second kappa shape index (κ2) is 8.08. The van der Waals surface area contributed by atoms with E-state index in [2.05, 4.69) is 21.7 Å². The lowest BCUT2D eigenvalue weighted by molar-refractivity contribution is 0.247. The number of benzene rings is 2. The van der Waals surface area contributed by atoms with Gasteiger partial charge in [-0.2, -0.15) is 0 Å². The fraction of sp³-hybridized carbons (Fsp3) is 0.273. The summed E-state index contributed by atoms with van der Waals surface area (Å²) in [6, 6.07) is 15.6. The molecule has 5 heteroatoms. The van der Waals surface area contributed by atoms with Crippen molar-refractivity contribution in [3.05, 3.63) is 65.9 Å². The minimum Gasteiger partial charge on any atom is -0.491 e. The van der Waals surface area contributed by atoms with Crippen LogP contribution >= 0.6 is 0 Å². The average molecular weight is 361 g/mol. The number of urea groups is 1. The van der Waals surface area contributed by atoms with Crippen LogP contribution in [0.15, 0.2) is 54.7 Å². The number of pyridine rings is 1. The maximum Gasteiger partial charge on any atom is 0.319 e. The van der Waals surface area contributed by atoms with Crippen molar-refractivity contribution in [3.63, 3.8) is 0 Å². The number of nitrogens with zero attached hydrogens (tertiary/aromatic N) is 1. The first-order valence-corrected chi connectivity index (χ1v) is 9.43. The number of carbonyl (C=O) groups is 1. The molecule has 1 heterocycles. The lowest BCUT2D eigenvalue weighted by Crippen LogP contribution is -2.32. The van der Waals surface area contributed by atoms with Crippen LogP contribution in [0.2, 0.25) is 0 Å². The Morgan fingerprint density at radius 2 is 1.89 bits per heavy atom. The Balaban J connectivity index is 1.30. The van der Waals surface area contributed by atoms with Gasteiger partial charge in [0, 0.05) is 11.6 Å². The molecule has 0 atom stereocenters. The summed E-state index contributed by atoms with van der Waals surface area (Å²) in [6.45, 7) is 0.880. The number of para-hydroxylation sites is 1. The first kappa shape index (κ1) is 17.3. The number of aryl methyl sites for hydroxylation is 1. The minimum atomic E-state index is -0.258. The Kier molecular flexibility index (Phi) is 5.19. The van der Waals surface area contributed by atoms with Gasteiger partial charge in [0.25, 0.3) is 0 Å². The Morgan fingerprint density at radius 3 is 2.85 bits per heavy atom. The van der Waals surface area contributed by atoms with Gasteiger partial charge in [-0.1, -0.05) is 30.3 Å². The molecule has 2 N–H and O–H groups in total. The fourth-order valence-corrected chi connectivity index (χ4v) is 3.58. The van der Waals surface area contributed by atoms with Crippen molar-refractivity contribution in [1.82, 2.24) is 10.3 Å². The molecule has 0 fully saturated rings. The maximum absolute atomic E-state index is 12.2. The van der Waals surface area contributed by atoms with Gasteiger partial charge in [-0.3, -0.25) is 4.98 Å². The lowest BCUT2D eigenvalue weighted by atomic mass is 9.91. The van der Waals surface area contributed by atoms with Gasteiger partial charge >= 0.3 is 6.03 Å². The van der Waals surface area contributed by atoms with Crippen LogP contribution in [0.3, 0.4) is 0 Å². The van der Waals surface area contributed by atoms with Crippen molar-refractivity contribution in [3.8, 4) is 5.75 Å². The summed E-state index contributed by atoms with van der Waals surface area (Å²) in [4.78, 5) is 16.5. The van der Waals surface area contributed by atoms with Gasteiger partial charge in [-0.05, 0) is 55.0 Å². The van der Waals surface area contributed by atoms with Crippen LogP contribution in [0.25, 0.3) is 10.9 Å². The highest BCUT2D eigenvalue weighted by atomic mass is 16.5. The molecule has 0 unspecified atom stereocenters. The summed E-state index contributed by atoms with van der Waals surface area (Å²) in [6.07, 6.45) is 6.40. The van der Waals surface area contributed by atoms with Crippen molar-refractivity contribution in [2.45, 2.75) is 25.7 Å². The van der Waals surface area contributed by atoms with Gasteiger partial charge in [-0.25, -0.2) is 4.79 Å². The van der Waals surface area contributed by atoms with Crippen LogP contribution in [-0.4, -0.2) is 24.2 Å². The van der Waals surface area contributed by atoms with Crippen molar-refractivity contribution in [2.24, 2.45) is 0 Å². The quantitative estimate of drug-likeness (QED) is 0.666. The molecule has 4 rings (SSSR count).